The van der Waals surface area contributed by atoms with E-state index in [1.54, 1.807) is 0 Å². The lowest BCUT2D eigenvalue weighted by Crippen LogP contribution is -2.31. The molecule has 1 heterocycles. The lowest BCUT2D eigenvalue weighted by Gasteiger charge is -2.29. The van der Waals surface area contributed by atoms with E-state index in [0.717, 1.165) is 17.9 Å². The molecule has 4 heteroatoms. The molecular weight excluding hydrogens is 212 g/mol. The molecule has 0 radical (unpaired) electrons. The first-order chi connectivity index (χ1) is 7.72. The summed E-state index contributed by atoms with van der Waals surface area (Å²) in [5, 5.41) is 0. The molecule has 0 bridgehead atoms. The van der Waals surface area contributed by atoms with Crippen LogP contribution in [-0.4, -0.2) is 23.6 Å². The molecule has 0 saturated carbocycles. The summed E-state index contributed by atoms with van der Waals surface area (Å²) in [6.07, 6.45) is 1.54. The second-order valence-corrected chi connectivity index (χ2v) is 6.07. The third kappa shape index (κ3) is 3.58. The van der Waals surface area contributed by atoms with Crippen LogP contribution in [0.25, 0.3) is 0 Å². The van der Waals surface area contributed by atoms with Crippen molar-refractivity contribution >= 4 is 11.6 Å². The highest BCUT2D eigenvalue weighted by atomic mass is 15.2. The van der Waals surface area contributed by atoms with E-state index in [2.05, 4.69) is 56.5 Å². The fourth-order valence-electron chi connectivity index (χ4n) is 2.04. The molecule has 0 unspecified atom stereocenters. The van der Waals surface area contributed by atoms with Crippen molar-refractivity contribution in [3.05, 3.63) is 11.9 Å². The fourth-order valence-corrected chi connectivity index (χ4v) is 2.04. The first-order valence-corrected chi connectivity index (χ1v) is 6.04. The van der Waals surface area contributed by atoms with Crippen LogP contribution in [0.2, 0.25) is 0 Å². The van der Waals surface area contributed by atoms with E-state index in [9.17, 15) is 0 Å². The smallest absolute Gasteiger partial charge is 0.137 e. The van der Waals surface area contributed by atoms with E-state index in [1.165, 1.54) is 6.33 Å². The SMILES string of the molecule is CC(C)c1c(N)ncnc1N(C)CC(C)(C)C. The zero-order chi connectivity index (χ0) is 13.2. The molecule has 0 aliphatic rings. The van der Waals surface area contributed by atoms with Crippen molar-refractivity contribution < 1.29 is 0 Å². The molecule has 1 rings (SSSR count). The van der Waals surface area contributed by atoms with E-state index < -0.39 is 0 Å². The van der Waals surface area contributed by atoms with Crippen molar-refractivity contribution in [2.75, 3.05) is 24.2 Å². The number of hydrogen-bond acceptors (Lipinski definition) is 4. The topological polar surface area (TPSA) is 55.0 Å². The minimum absolute atomic E-state index is 0.225. The third-order valence-electron chi connectivity index (χ3n) is 2.54. The second-order valence-electron chi connectivity index (χ2n) is 6.07. The largest absolute Gasteiger partial charge is 0.383 e. The van der Waals surface area contributed by atoms with Gasteiger partial charge in [-0.2, -0.15) is 0 Å². The van der Waals surface area contributed by atoms with E-state index in [-0.39, 0.29) is 5.41 Å². The summed E-state index contributed by atoms with van der Waals surface area (Å²) in [5.41, 5.74) is 7.21. The average Bonchev–Trinajstić information content (AvgIpc) is 2.13. The molecule has 1 aromatic heterocycles. The first-order valence-electron chi connectivity index (χ1n) is 6.04. The lowest BCUT2D eigenvalue weighted by molar-refractivity contribution is 0.417. The monoisotopic (exact) mass is 236 g/mol. The third-order valence-corrected chi connectivity index (χ3v) is 2.54. The summed E-state index contributed by atoms with van der Waals surface area (Å²) >= 11 is 0. The van der Waals surface area contributed by atoms with Crippen LogP contribution in [0.4, 0.5) is 11.6 Å². The minimum atomic E-state index is 0.225. The van der Waals surface area contributed by atoms with Crippen LogP contribution >= 0.6 is 0 Å². The Balaban J connectivity index is 3.09. The van der Waals surface area contributed by atoms with Gasteiger partial charge < -0.3 is 10.6 Å². The van der Waals surface area contributed by atoms with Gasteiger partial charge in [-0.25, -0.2) is 9.97 Å². The molecule has 2 N–H and O–H groups in total. The highest BCUT2D eigenvalue weighted by molar-refractivity contribution is 5.57. The van der Waals surface area contributed by atoms with Gasteiger partial charge in [0.1, 0.15) is 18.0 Å². The molecule has 0 spiro atoms. The molecule has 0 amide bonds. The fraction of sp³-hybridized carbons (Fsp3) is 0.692. The average molecular weight is 236 g/mol. The number of nitrogen functional groups attached to an aromatic ring is 1. The minimum Gasteiger partial charge on any atom is -0.383 e. The normalized spacial score (nSPS) is 11.9. The van der Waals surface area contributed by atoms with E-state index >= 15 is 0 Å². The maximum Gasteiger partial charge on any atom is 0.137 e. The number of aromatic nitrogens is 2. The Hall–Kier alpha value is -1.32. The van der Waals surface area contributed by atoms with Crippen molar-refractivity contribution in [1.82, 2.24) is 9.97 Å². The molecule has 96 valence electrons. The maximum atomic E-state index is 5.95. The number of anilines is 2. The molecule has 0 fully saturated rings. The van der Waals surface area contributed by atoms with Gasteiger partial charge in [0.15, 0.2) is 0 Å². The summed E-state index contributed by atoms with van der Waals surface area (Å²) in [6.45, 7) is 11.8. The zero-order valence-corrected chi connectivity index (χ0v) is 11.8. The van der Waals surface area contributed by atoms with Gasteiger partial charge in [0, 0.05) is 19.2 Å². The number of nitrogens with two attached hydrogens (primary N) is 1. The molecule has 17 heavy (non-hydrogen) atoms. The van der Waals surface area contributed by atoms with E-state index in [1.807, 2.05) is 0 Å². The van der Waals surface area contributed by atoms with Crippen molar-refractivity contribution in [2.24, 2.45) is 5.41 Å². The van der Waals surface area contributed by atoms with Crippen LogP contribution in [0, 0.1) is 5.41 Å². The van der Waals surface area contributed by atoms with Crippen LogP contribution in [-0.2, 0) is 0 Å². The van der Waals surface area contributed by atoms with Crippen molar-refractivity contribution in [1.29, 1.82) is 0 Å². The van der Waals surface area contributed by atoms with Crippen LogP contribution in [0.1, 0.15) is 46.1 Å². The Kier molecular flexibility index (Phi) is 3.96. The molecule has 0 aliphatic carbocycles. The van der Waals surface area contributed by atoms with Crippen LogP contribution in [0.3, 0.4) is 0 Å². The van der Waals surface area contributed by atoms with Gasteiger partial charge >= 0.3 is 0 Å². The van der Waals surface area contributed by atoms with Crippen molar-refractivity contribution in [3.8, 4) is 0 Å². The molecule has 0 atom stereocenters. The van der Waals surface area contributed by atoms with Gasteiger partial charge in [0.25, 0.3) is 0 Å². The quantitative estimate of drug-likeness (QED) is 0.876. The predicted molar refractivity (Wildman–Crippen MR) is 73.3 cm³/mol. The van der Waals surface area contributed by atoms with Crippen LogP contribution < -0.4 is 10.6 Å². The summed E-state index contributed by atoms with van der Waals surface area (Å²) in [7, 11) is 2.05. The molecular formula is C13H24N4. The molecule has 1 aromatic rings. The van der Waals surface area contributed by atoms with Crippen molar-refractivity contribution in [2.45, 2.75) is 40.5 Å². The number of nitrogens with zero attached hydrogens (tertiary/aromatic N) is 3. The van der Waals surface area contributed by atoms with Gasteiger partial charge in [-0.15, -0.1) is 0 Å². The van der Waals surface area contributed by atoms with Gasteiger partial charge in [-0.1, -0.05) is 34.6 Å². The van der Waals surface area contributed by atoms with Gasteiger partial charge in [-0.05, 0) is 11.3 Å². The van der Waals surface area contributed by atoms with Gasteiger partial charge in [0.05, 0.1) is 0 Å². The molecule has 0 aromatic carbocycles. The molecule has 4 nitrogen and oxygen atoms in total. The van der Waals surface area contributed by atoms with Crippen LogP contribution in [0.5, 0.6) is 0 Å². The first kappa shape index (κ1) is 13.7. The Morgan fingerprint density at radius 2 is 1.88 bits per heavy atom. The van der Waals surface area contributed by atoms with Gasteiger partial charge in [0.2, 0.25) is 0 Å². The Morgan fingerprint density at radius 3 is 2.35 bits per heavy atom. The van der Waals surface area contributed by atoms with E-state index in [4.69, 9.17) is 5.73 Å². The summed E-state index contributed by atoms with van der Waals surface area (Å²) in [4.78, 5) is 10.6. The predicted octanol–water partition coefficient (Wildman–Crippen LogP) is 2.66. The molecule has 0 saturated heterocycles. The Bertz CT molecular complexity index is 379. The standard InChI is InChI=1S/C13H24N4/c1-9(2)10-11(14)15-8-16-12(10)17(6)7-13(3,4)5/h8-9H,7H2,1-6H3,(H2,14,15,16). The Morgan fingerprint density at radius 1 is 1.29 bits per heavy atom. The van der Waals surface area contributed by atoms with Gasteiger partial charge in [-0.3, -0.25) is 0 Å². The second kappa shape index (κ2) is 4.90. The highest BCUT2D eigenvalue weighted by Crippen LogP contribution is 2.29. The van der Waals surface area contributed by atoms with Crippen LogP contribution in [0.15, 0.2) is 6.33 Å². The lowest BCUT2D eigenvalue weighted by atomic mass is 9.95. The molecule has 0 aliphatic heterocycles. The summed E-state index contributed by atoms with van der Waals surface area (Å²) in [5.74, 6) is 1.86. The van der Waals surface area contributed by atoms with E-state index in [0.29, 0.717) is 11.7 Å². The summed E-state index contributed by atoms with van der Waals surface area (Å²) in [6, 6.07) is 0. The summed E-state index contributed by atoms with van der Waals surface area (Å²) < 4.78 is 0. The highest BCUT2D eigenvalue weighted by Gasteiger charge is 2.20. The number of hydrogen-bond donors (Lipinski definition) is 1. The van der Waals surface area contributed by atoms with Crippen molar-refractivity contribution in [3.63, 3.8) is 0 Å². The zero-order valence-electron chi connectivity index (χ0n) is 11.8. The number of rotatable bonds is 3. The maximum absolute atomic E-state index is 5.95. The Labute approximate surface area is 104 Å².